The smallest absolute Gasteiger partial charge is 0.460 e. The van der Waals surface area contributed by atoms with Crippen molar-refractivity contribution in [2.24, 2.45) is 0 Å². The Morgan fingerprint density at radius 3 is 0.844 bits per heavy atom. The van der Waals surface area contributed by atoms with Crippen LogP contribution >= 0.6 is 0 Å². The lowest BCUT2D eigenvalue weighted by Crippen LogP contribution is -2.56. The van der Waals surface area contributed by atoms with Gasteiger partial charge < -0.3 is 4.74 Å². The molecule has 0 aromatic heterocycles. The molecular weight excluding hydrogens is 597 g/mol. The molecule has 0 spiro atoms. The van der Waals surface area contributed by atoms with Crippen molar-refractivity contribution in [3.63, 3.8) is 0 Å². The van der Waals surface area contributed by atoms with Crippen LogP contribution in [0.15, 0.2) is 0 Å². The van der Waals surface area contributed by atoms with E-state index in [1.165, 1.54) is 154 Å². The maximum absolute atomic E-state index is 13.2. The monoisotopic (exact) mass is 662 g/mol. The van der Waals surface area contributed by atoms with E-state index in [9.17, 15) is 35.5 Å². The highest BCUT2D eigenvalue weighted by Gasteiger charge is 2.77. The van der Waals surface area contributed by atoms with Crippen LogP contribution in [0.25, 0.3) is 0 Å². The molecule has 0 aliphatic carbocycles. The Labute approximate surface area is 270 Å². The molecule has 270 valence electrons. The molecule has 0 aliphatic rings. The fourth-order valence-corrected chi connectivity index (χ4v) is 5.69. The van der Waals surface area contributed by atoms with E-state index in [-0.39, 0.29) is 6.42 Å². The average molecular weight is 663 g/mol. The first-order chi connectivity index (χ1) is 21.5. The second kappa shape index (κ2) is 28.0. The third-order valence-corrected chi connectivity index (χ3v) is 8.74. The van der Waals surface area contributed by atoms with Gasteiger partial charge in [0, 0.05) is 0 Å². The van der Waals surface area contributed by atoms with Gasteiger partial charge in [0.25, 0.3) is 0 Å². The molecule has 0 saturated heterocycles. The molecule has 45 heavy (non-hydrogen) atoms. The molecule has 0 aromatic rings. The Morgan fingerprint density at radius 2 is 0.622 bits per heavy atom. The van der Waals surface area contributed by atoms with Gasteiger partial charge in [0.15, 0.2) is 0 Å². The van der Waals surface area contributed by atoms with Crippen molar-refractivity contribution < 1.29 is 40.3 Å². The van der Waals surface area contributed by atoms with Crippen LogP contribution < -0.4 is 0 Å². The molecule has 0 atom stereocenters. The summed E-state index contributed by atoms with van der Waals surface area (Å²) in [6.07, 6.45) is 30.7. The maximum Gasteiger partial charge on any atom is 0.460 e. The Balaban J connectivity index is 3.31. The van der Waals surface area contributed by atoms with Crippen LogP contribution in [0.2, 0.25) is 0 Å². The first-order valence-electron chi connectivity index (χ1n) is 18.5. The molecule has 0 heterocycles. The topological polar surface area (TPSA) is 26.3 Å². The summed E-state index contributed by atoms with van der Waals surface area (Å²) < 4.78 is 92.2. The second-order valence-electron chi connectivity index (χ2n) is 13.0. The van der Waals surface area contributed by atoms with Gasteiger partial charge >= 0.3 is 24.0 Å². The van der Waals surface area contributed by atoms with Gasteiger partial charge in [-0.2, -0.15) is 30.7 Å². The molecule has 0 saturated carbocycles. The SMILES string of the molecule is CCCCCCCCCCCCCCCCCCCCCCCCCCCCCCCCOC(=O)C(F)(F)C(F)(F)C(F)(F)F. The van der Waals surface area contributed by atoms with Crippen molar-refractivity contribution in [2.45, 2.75) is 218 Å². The van der Waals surface area contributed by atoms with Crippen LogP contribution in [0, 0.1) is 0 Å². The third kappa shape index (κ3) is 23.0. The molecule has 0 radical (unpaired) electrons. The van der Waals surface area contributed by atoms with E-state index in [0.29, 0.717) is 6.42 Å². The van der Waals surface area contributed by atoms with Crippen molar-refractivity contribution in [3.05, 3.63) is 0 Å². The van der Waals surface area contributed by atoms with Crippen LogP contribution in [0.4, 0.5) is 30.7 Å². The molecule has 0 N–H and O–H groups in total. The van der Waals surface area contributed by atoms with Crippen LogP contribution in [-0.2, 0) is 9.53 Å². The average Bonchev–Trinajstić information content (AvgIpc) is 2.99. The first-order valence-corrected chi connectivity index (χ1v) is 18.5. The lowest BCUT2D eigenvalue weighted by Gasteiger charge is -2.26. The number of unbranched alkanes of at least 4 members (excludes halogenated alkanes) is 29. The van der Waals surface area contributed by atoms with Crippen molar-refractivity contribution in [2.75, 3.05) is 6.61 Å². The summed E-state index contributed by atoms with van der Waals surface area (Å²) in [5.41, 5.74) is 0. The lowest BCUT2D eigenvalue weighted by atomic mass is 10.0. The summed E-state index contributed by atoms with van der Waals surface area (Å²) in [5.74, 6) is -15.3. The highest BCUT2D eigenvalue weighted by atomic mass is 19.4. The molecule has 0 rings (SSSR count). The van der Waals surface area contributed by atoms with Crippen LogP contribution in [0.3, 0.4) is 0 Å². The quantitative estimate of drug-likeness (QED) is 0.0397. The third-order valence-electron chi connectivity index (χ3n) is 8.74. The van der Waals surface area contributed by atoms with Crippen LogP contribution in [0.1, 0.15) is 200 Å². The molecule has 0 bridgehead atoms. The number of esters is 1. The van der Waals surface area contributed by atoms with Crippen molar-refractivity contribution in [3.8, 4) is 0 Å². The van der Waals surface area contributed by atoms with Crippen LogP contribution in [0.5, 0.6) is 0 Å². The van der Waals surface area contributed by atoms with E-state index in [1.807, 2.05) is 0 Å². The van der Waals surface area contributed by atoms with Gasteiger partial charge in [-0.15, -0.1) is 0 Å². The largest absolute Gasteiger partial charge is 0.461 e. The summed E-state index contributed by atoms with van der Waals surface area (Å²) in [7, 11) is 0. The van der Waals surface area contributed by atoms with E-state index in [0.717, 1.165) is 25.7 Å². The molecule has 0 unspecified atom stereocenters. The molecular formula is C36H65F7O2. The molecule has 0 amide bonds. The molecule has 0 aliphatic heterocycles. The molecule has 9 heteroatoms. The predicted octanol–water partition coefficient (Wildman–Crippen LogP) is 14.1. The van der Waals surface area contributed by atoms with Gasteiger partial charge in [0.1, 0.15) is 0 Å². The first kappa shape index (κ1) is 44.0. The fraction of sp³-hybridized carbons (Fsp3) is 0.972. The minimum atomic E-state index is -6.54. The van der Waals surface area contributed by atoms with E-state index < -0.39 is 30.6 Å². The predicted molar refractivity (Wildman–Crippen MR) is 171 cm³/mol. The van der Waals surface area contributed by atoms with E-state index >= 15 is 0 Å². The fourth-order valence-electron chi connectivity index (χ4n) is 5.69. The Morgan fingerprint density at radius 1 is 0.400 bits per heavy atom. The number of halogens is 7. The Kier molecular flexibility index (Phi) is 27.4. The van der Waals surface area contributed by atoms with Gasteiger partial charge in [0.2, 0.25) is 0 Å². The Bertz CT molecular complexity index is 668. The zero-order valence-corrected chi connectivity index (χ0v) is 28.4. The van der Waals surface area contributed by atoms with Crippen molar-refractivity contribution >= 4 is 5.97 Å². The minimum absolute atomic E-state index is 0.138. The maximum atomic E-state index is 13.2. The number of hydrogen-bond acceptors (Lipinski definition) is 2. The van der Waals surface area contributed by atoms with Gasteiger partial charge in [0.05, 0.1) is 6.61 Å². The van der Waals surface area contributed by atoms with Gasteiger partial charge in [-0.3, -0.25) is 0 Å². The molecule has 0 aromatic carbocycles. The standard InChI is InChI=1S/C36H65F7O2/c1-2-3-4-5-6-7-8-9-10-11-12-13-14-15-16-17-18-19-20-21-22-23-24-25-26-27-28-29-30-31-32-45-33(44)34(37,38)35(39,40)36(41,42)43/h2-32H2,1H3. The summed E-state index contributed by atoms with van der Waals surface area (Å²) >= 11 is 0. The van der Waals surface area contributed by atoms with Gasteiger partial charge in [-0.25, -0.2) is 4.79 Å². The zero-order valence-electron chi connectivity index (χ0n) is 28.4. The summed E-state index contributed by atoms with van der Waals surface area (Å²) in [6, 6.07) is 0. The number of alkyl halides is 7. The normalized spacial score (nSPS) is 12.6. The zero-order chi connectivity index (χ0) is 33.7. The molecule has 0 fully saturated rings. The summed E-state index contributed by atoms with van der Waals surface area (Å²) in [6.45, 7) is 1.66. The lowest BCUT2D eigenvalue weighted by molar-refractivity contribution is -0.348. The second-order valence-corrected chi connectivity index (χ2v) is 13.0. The van der Waals surface area contributed by atoms with Crippen molar-refractivity contribution in [1.29, 1.82) is 0 Å². The Hall–Kier alpha value is -1.02. The number of ether oxygens (including phenoxy) is 1. The van der Waals surface area contributed by atoms with E-state index in [4.69, 9.17) is 0 Å². The highest BCUT2D eigenvalue weighted by Crippen LogP contribution is 2.47. The van der Waals surface area contributed by atoms with Gasteiger partial charge in [-0.1, -0.05) is 193 Å². The van der Waals surface area contributed by atoms with Gasteiger partial charge in [-0.05, 0) is 6.42 Å². The number of carbonyl (C=O) groups excluding carboxylic acids is 1. The van der Waals surface area contributed by atoms with E-state index in [2.05, 4.69) is 11.7 Å². The van der Waals surface area contributed by atoms with E-state index in [1.54, 1.807) is 0 Å². The summed E-state index contributed by atoms with van der Waals surface area (Å²) in [5, 5.41) is 0. The number of hydrogen-bond donors (Lipinski definition) is 0. The molecule has 2 nitrogen and oxygen atoms in total. The summed E-state index contributed by atoms with van der Waals surface area (Å²) in [4.78, 5) is 11.1. The highest BCUT2D eigenvalue weighted by molar-refractivity contribution is 5.79. The van der Waals surface area contributed by atoms with Crippen molar-refractivity contribution in [1.82, 2.24) is 0 Å². The number of rotatable bonds is 33. The van der Waals surface area contributed by atoms with Crippen LogP contribution in [-0.4, -0.2) is 30.6 Å². The minimum Gasteiger partial charge on any atom is -0.461 e. The number of carbonyl (C=O) groups is 1.